The number of carbonyl (C=O) groups is 2. The van der Waals surface area contributed by atoms with Crippen molar-refractivity contribution in [1.29, 1.82) is 5.26 Å². The summed E-state index contributed by atoms with van der Waals surface area (Å²) in [6.07, 6.45) is 11.2. The first-order chi connectivity index (χ1) is 47.4. The summed E-state index contributed by atoms with van der Waals surface area (Å²) in [5.41, 5.74) is -1.35. The summed E-state index contributed by atoms with van der Waals surface area (Å²) in [6, 6.07) is 3.58. The van der Waals surface area contributed by atoms with Crippen molar-refractivity contribution >= 4 is 80.2 Å². The lowest BCUT2D eigenvalue weighted by Gasteiger charge is -2.37. The van der Waals surface area contributed by atoms with Crippen molar-refractivity contribution in [2.24, 2.45) is 0 Å². The fourth-order valence-electron chi connectivity index (χ4n) is 10.1. The van der Waals surface area contributed by atoms with E-state index in [0.717, 1.165) is 37.7 Å². The molecule has 0 atom stereocenters. The molecule has 37 heteroatoms. The van der Waals surface area contributed by atoms with Crippen LogP contribution >= 0.6 is 0 Å². The maximum atomic E-state index is 11.5. The Balaban J connectivity index is 0.000000255. The zero-order valence-corrected chi connectivity index (χ0v) is 67.8. The van der Waals surface area contributed by atoms with E-state index in [0.29, 0.717) is 57.5 Å². The van der Waals surface area contributed by atoms with Gasteiger partial charge in [0.2, 0.25) is 0 Å². The molecule has 0 bridgehead atoms. The van der Waals surface area contributed by atoms with Crippen molar-refractivity contribution in [3.8, 4) is 6.07 Å². The molecule has 0 unspecified atom stereocenters. The van der Waals surface area contributed by atoms with E-state index in [1.807, 2.05) is 132 Å². The minimum atomic E-state index is -1.43. The van der Waals surface area contributed by atoms with Gasteiger partial charge in [0.05, 0.1) is 92.1 Å². The predicted molar refractivity (Wildman–Crippen MR) is 404 cm³/mol. The monoisotopic (exact) mass is 1470 g/mol. The second-order valence-corrected chi connectivity index (χ2v) is 34.3. The molecule has 2 aromatic rings. The lowest BCUT2D eigenvalue weighted by atomic mass is 9.67. The Bertz CT molecular complexity index is 2930. The van der Waals surface area contributed by atoms with Crippen LogP contribution in [0.1, 0.15) is 213 Å². The summed E-state index contributed by atoms with van der Waals surface area (Å²) in [6.45, 7) is 57.9. The highest BCUT2D eigenvalue weighted by molar-refractivity contribution is 6.62. The van der Waals surface area contributed by atoms with Gasteiger partial charge in [0.15, 0.2) is 0 Å². The summed E-state index contributed by atoms with van der Waals surface area (Å²) in [7, 11) is -2.18. The summed E-state index contributed by atoms with van der Waals surface area (Å²) < 4.78 is 85.3. The number of methoxy groups -OCH3 is 1. The fourth-order valence-corrected chi connectivity index (χ4v) is 10.1. The quantitative estimate of drug-likeness (QED) is 0.0877. The van der Waals surface area contributed by atoms with Gasteiger partial charge in [-0.25, -0.2) is 9.59 Å². The van der Waals surface area contributed by atoms with E-state index in [1.54, 1.807) is 19.5 Å². The number of carboxylic acid groups (broad SMARTS) is 1. The first-order valence-electron chi connectivity index (χ1n) is 36.3. The number of carbonyl (C=O) groups excluding carboxylic acids is 1. The molecular weight excluding hydrogens is 1340 g/mol. The third-order valence-electron chi connectivity index (χ3n) is 21.3. The number of alkyl carbamates (subject to hydrolysis) is 1. The average molecular weight is 1470 g/mol. The number of H-pyrrole nitrogens is 2. The Morgan fingerprint density at radius 2 is 1.06 bits per heavy atom. The van der Waals surface area contributed by atoms with Gasteiger partial charge in [0.25, 0.3) is 0 Å². The number of likely N-dealkylation sites (tertiary alicyclic amines) is 1. The molecule has 1 saturated carbocycles. The normalized spacial score (nSPS) is 23.8. The van der Waals surface area contributed by atoms with Crippen LogP contribution in [0.4, 0.5) is 9.59 Å². The molecule has 9 aliphatic rings. The van der Waals surface area contributed by atoms with Crippen molar-refractivity contribution in [1.82, 2.24) is 30.6 Å². The van der Waals surface area contributed by atoms with Crippen molar-refractivity contribution in [3.63, 3.8) is 0 Å². The Morgan fingerprint density at radius 3 is 1.38 bits per heavy atom. The Hall–Kier alpha value is -4.01. The van der Waals surface area contributed by atoms with Gasteiger partial charge in [-0.3, -0.25) is 10.2 Å². The van der Waals surface area contributed by atoms with E-state index >= 15 is 0 Å². The Kier molecular flexibility index (Phi) is 32.6. The smallest absolute Gasteiger partial charge is 0.465 e. The molecule has 104 heavy (non-hydrogen) atoms. The molecule has 8 fully saturated rings. The van der Waals surface area contributed by atoms with Gasteiger partial charge in [-0.15, -0.1) is 0 Å². The summed E-state index contributed by atoms with van der Waals surface area (Å²) >= 11 is 0. The van der Waals surface area contributed by atoms with E-state index < -0.39 is 32.0 Å². The van der Waals surface area contributed by atoms with Crippen LogP contribution in [-0.2, 0) is 70.1 Å². The molecule has 7 saturated heterocycles. The standard InChI is InChI=1S/C13H26BNO4.C11H19BO3.C10H18BNO4.C9H15BN2O2.C9H16BNO2.C9H19BO3.C3H5BN2O2.C3H7BO2/c1-11(2,3)17-10(16)15-9-8-14-18-12(4,5)13(6,7)19-14;1-10(2)11(3,4)15-12(14-10)9-5-7-13-8-6-9;1-9(2)10(3,4)16-11(15-9)7-5-12(6-7)8(13)14;1-8(2)9(3,4)14-10(13-8)7-5-11-12-6-7;1-8(2)9(3,4)13-10(12-8)6-5-7-11;1-8(2)9(3,4)13-10(12-8)6-7-11-5;7-4(8)3-1-2-5-6-3;5-4(6)3-1-2-3/h8-9H2,1-7H3,(H,15,16);5H,6-8H2,1-4H3;7H,5-6H2,1-4H3,(H,13,14);5-6H,1-4H3,(H,11,12);5-6H2,1-4H3;6-7H2,1-5H3;1-2,7-8H,(H,5,6);3,5-6H,1-2H2. The van der Waals surface area contributed by atoms with Gasteiger partial charge in [-0.1, -0.05) is 18.9 Å². The third-order valence-corrected chi connectivity index (χ3v) is 21.3. The van der Waals surface area contributed by atoms with Gasteiger partial charge in [-0.05, 0) is 223 Å². The van der Waals surface area contributed by atoms with E-state index in [-0.39, 0.29) is 122 Å². The predicted octanol–water partition coefficient (Wildman–Crippen LogP) is 8.15. The number of aromatic nitrogens is 4. The minimum Gasteiger partial charge on any atom is -0.465 e. The fraction of sp³-hybridized carbons (Fsp3) is 0.836. The number of nitrogens with zero attached hydrogens (tertiary/aromatic N) is 4. The maximum absolute atomic E-state index is 11.5. The van der Waals surface area contributed by atoms with Crippen LogP contribution < -0.4 is 16.4 Å². The first-order valence-corrected chi connectivity index (χ1v) is 36.3. The van der Waals surface area contributed by atoms with Gasteiger partial charge in [-0.2, -0.15) is 15.5 Å². The van der Waals surface area contributed by atoms with Crippen LogP contribution in [0.15, 0.2) is 36.2 Å². The van der Waals surface area contributed by atoms with Gasteiger partial charge in [0, 0.05) is 76.0 Å². The molecule has 2 aromatic heterocycles. The molecule has 29 nitrogen and oxygen atoms in total. The molecule has 584 valence electrons. The highest BCUT2D eigenvalue weighted by Gasteiger charge is 2.58. The molecule has 0 radical (unpaired) electrons. The lowest BCUT2D eigenvalue weighted by Crippen LogP contribution is -2.52. The minimum absolute atomic E-state index is 0.120. The van der Waals surface area contributed by atoms with Crippen LogP contribution in [0.3, 0.4) is 0 Å². The van der Waals surface area contributed by atoms with Crippen LogP contribution in [0, 0.1) is 11.3 Å². The van der Waals surface area contributed by atoms with Crippen molar-refractivity contribution < 1.29 is 105 Å². The summed E-state index contributed by atoms with van der Waals surface area (Å²) in [5.74, 6) is 0.377. The number of hydrogen-bond donors (Lipinski definition) is 8. The molecule has 11 rings (SSSR count). The largest absolute Gasteiger partial charge is 0.507 e. The molecular formula is C67H125B8N7O22. The molecule has 0 spiro atoms. The Morgan fingerprint density at radius 1 is 0.635 bits per heavy atom. The van der Waals surface area contributed by atoms with Gasteiger partial charge < -0.3 is 105 Å². The molecule has 1 aliphatic carbocycles. The number of hydrogen-bond acceptors (Lipinski definition) is 24. The van der Waals surface area contributed by atoms with E-state index in [1.165, 1.54) is 22.6 Å². The van der Waals surface area contributed by atoms with Crippen LogP contribution in [0.25, 0.3) is 0 Å². The molecule has 10 heterocycles. The number of ether oxygens (including phenoxy) is 3. The molecule has 0 aromatic carbocycles. The molecule has 8 N–H and O–H groups in total. The van der Waals surface area contributed by atoms with Crippen LogP contribution in [0.5, 0.6) is 0 Å². The number of aromatic amines is 2. The number of amides is 2. The van der Waals surface area contributed by atoms with Gasteiger partial charge in [0.1, 0.15) is 5.60 Å². The molecule has 8 aliphatic heterocycles. The Labute approximate surface area is 623 Å². The SMILES string of the molecule is CC(C)(C)OC(=O)NCCB1OC(C)(C)C(C)(C)O1.CC1(C)OB(C2=CCOCC2)OC1(C)C.CC1(C)OB(C2CN(C(=O)O)C2)OC1(C)C.CC1(C)OB(CCC#N)OC1(C)C.CC1(C)OB(c2cn[nH]c2)OC1(C)C.COCCB1OC(C)(C)C(C)(C)O1.OB(O)C1CC1.OB(O)c1ccn[nH]1. The van der Waals surface area contributed by atoms with E-state index in [2.05, 4.69) is 93.2 Å². The van der Waals surface area contributed by atoms with Crippen LogP contribution in [0.2, 0.25) is 30.6 Å². The van der Waals surface area contributed by atoms with Crippen molar-refractivity contribution in [2.45, 2.75) is 316 Å². The number of nitrogens with one attached hydrogen (secondary N) is 3. The second-order valence-electron chi connectivity index (χ2n) is 34.3. The maximum Gasteiger partial charge on any atom is 0.507 e. The summed E-state index contributed by atoms with van der Waals surface area (Å²) in [5, 5.41) is 65.7. The average Bonchev–Trinajstić information content (AvgIpc) is 1.61. The molecule has 2 amide bonds. The van der Waals surface area contributed by atoms with Crippen LogP contribution in [-0.4, -0.2) is 239 Å². The third kappa shape index (κ3) is 26.6. The lowest BCUT2D eigenvalue weighted by molar-refractivity contribution is 0.00578. The highest BCUT2D eigenvalue weighted by atomic mass is 16.7. The van der Waals surface area contributed by atoms with Gasteiger partial charge >= 0.3 is 69.1 Å². The first kappa shape index (κ1) is 92.4. The zero-order chi connectivity index (χ0) is 79.3. The van der Waals surface area contributed by atoms with E-state index in [9.17, 15) is 9.59 Å². The van der Waals surface area contributed by atoms with E-state index in [4.69, 9.17) is 101 Å². The second kappa shape index (κ2) is 36.7. The zero-order valence-electron chi connectivity index (χ0n) is 67.8. The number of nitriles is 1. The van der Waals surface area contributed by atoms with Crippen molar-refractivity contribution in [2.75, 3.05) is 46.6 Å². The topological polar surface area (TPSA) is 370 Å². The highest BCUT2D eigenvalue weighted by Crippen LogP contribution is 2.45. The number of rotatable bonds is 13. The summed E-state index contributed by atoms with van der Waals surface area (Å²) in [4.78, 5) is 23.5. The van der Waals surface area contributed by atoms with Crippen molar-refractivity contribution in [3.05, 3.63) is 36.2 Å².